The highest BCUT2D eigenvalue weighted by molar-refractivity contribution is 7.88. The van der Waals surface area contributed by atoms with Crippen molar-refractivity contribution in [3.05, 3.63) is 42.4 Å². The Bertz CT molecular complexity index is 684. The molecular formula is C13H15N3O3S. The van der Waals surface area contributed by atoms with E-state index in [1.54, 1.807) is 13.2 Å². The summed E-state index contributed by atoms with van der Waals surface area (Å²) >= 11 is 0. The molecule has 1 N–H and O–H groups in total. The van der Waals surface area contributed by atoms with Crippen LogP contribution in [0, 0.1) is 0 Å². The van der Waals surface area contributed by atoms with Gasteiger partial charge in [-0.3, -0.25) is 0 Å². The molecule has 0 saturated carbocycles. The zero-order chi connectivity index (χ0) is 14.6. The molecule has 0 bridgehead atoms. The van der Waals surface area contributed by atoms with E-state index in [1.165, 1.54) is 6.33 Å². The number of aromatic nitrogens is 2. The fraction of sp³-hybridized carbons (Fsp3) is 0.231. The molecule has 1 heterocycles. The van der Waals surface area contributed by atoms with Crippen molar-refractivity contribution in [2.45, 2.75) is 6.54 Å². The van der Waals surface area contributed by atoms with Crippen molar-refractivity contribution >= 4 is 10.0 Å². The largest absolute Gasteiger partial charge is 0.497 e. The summed E-state index contributed by atoms with van der Waals surface area (Å²) in [6.45, 7) is 0.143. The van der Waals surface area contributed by atoms with Gasteiger partial charge in [-0.15, -0.1) is 0 Å². The molecule has 0 aliphatic carbocycles. The number of hydrogen-bond acceptors (Lipinski definition) is 5. The van der Waals surface area contributed by atoms with Gasteiger partial charge in [0.25, 0.3) is 0 Å². The van der Waals surface area contributed by atoms with E-state index in [0.29, 0.717) is 5.69 Å². The van der Waals surface area contributed by atoms with Crippen LogP contribution in [0.4, 0.5) is 0 Å². The molecule has 0 spiro atoms. The first-order chi connectivity index (χ1) is 9.48. The van der Waals surface area contributed by atoms with E-state index < -0.39 is 10.0 Å². The Morgan fingerprint density at radius 2 is 1.90 bits per heavy atom. The summed E-state index contributed by atoms with van der Waals surface area (Å²) in [5.74, 6) is 0.766. The zero-order valence-electron chi connectivity index (χ0n) is 11.2. The number of rotatable bonds is 5. The van der Waals surface area contributed by atoms with Crippen molar-refractivity contribution in [3.8, 4) is 17.0 Å². The van der Waals surface area contributed by atoms with E-state index in [0.717, 1.165) is 23.3 Å². The lowest BCUT2D eigenvalue weighted by molar-refractivity contribution is 0.415. The normalized spacial score (nSPS) is 11.3. The fourth-order valence-corrected chi connectivity index (χ4v) is 2.03. The number of ether oxygens (including phenoxy) is 1. The lowest BCUT2D eigenvalue weighted by Crippen LogP contribution is -2.21. The summed E-state index contributed by atoms with van der Waals surface area (Å²) in [4.78, 5) is 8.22. The lowest BCUT2D eigenvalue weighted by Gasteiger charge is -2.05. The van der Waals surface area contributed by atoms with Crippen LogP contribution in [0.2, 0.25) is 0 Å². The number of nitrogens with one attached hydrogen (secondary N) is 1. The average molecular weight is 293 g/mol. The van der Waals surface area contributed by atoms with Crippen LogP contribution in [0.3, 0.4) is 0 Å². The van der Waals surface area contributed by atoms with E-state index in [4.69, 9.17) is 4.74 Å². The van der Waals surface area contributed by atoms with E-state index >= 15 is 0 Å². The van der Waals surface area contributed by atoms with Gasteiger partial charge in [-0.25, -0.2) is 23.1 Å². The molecule has 106 valence electrons. The topological polar surface area (TPSA) is 81.2 Å². The Hall–Kier alpha value is -1.99. The highest BCUT2D eigenvalue weighted by atomic mass is 32.2. The molecule has 0 fully saturated rings. The number of methoxy groups -OCH3 is 1. The van der Waals surface area contributed by atoms with Crippen LogP contribution in [0.1, 0.15) is 5.69 Å². The Morgan fingerprint density at radius 1 is 1.20 bits per heavy atom. The average Bonchev–Trinajstić information content (AvgIpc) is 2.45. The molecule has 7 heteroatoms. The quantitative estimate of drug-likeness (QED) is 0.896. The van der Waals surface area contributed by atoms with Crippen LogP contribution in [0.25, 0.3) is 11.3 Å². The molecule has 1 aromatic heterocycles. The van der Waals surface area contributed by atoms with Crippen LogP contribution in [0.15, 0.2) is 36.7 Å². The van der Waals surface area contributed by atoms with Gasteiger partial charge in [0.1, 0.15) is 12.1 Å². The van der Waals surface area contributed by atoms with Crippen molar-refractivity contribution in [1.82, 2.24) is 14.7 Å². The predicted octanol–water partition coefficient (Wildman–Crippen LogP) is 1.20. The molecular weight excluding hydrogens is 278 g/mol. The predicted molar refractivity (Wildman–Crippen MR) is 75.7 cm³/mol. The SMILES string of the molecule is COc1ccc(-c2cc(CNS(C)(=O)=O)ncn2)cc1. The molecule has 0 radical (unpaired) electrons. The van der Waals surface area contributed by atoms with Crippen molar-refractivity contribution in [2.75, 3.05) is 13.4 Å². The molecule has 1 aromatic carbocycles. The van der Waals surface area contributed by atoms with E-state index in [-0.39, 0.29) is 6.54 Å². The smallest absolute Gasteiger partial charge is 0.209 e. The van der Waals surface area contributed by atoms with Gasteiger partial charge < -0.3 is 4.74 Å². The van der Waals surface area contributed by atoms with Gasteiger partial charge in [-0.2, -0.15) is 0 Å². The summed E-state index contributed by atoms with van der Waals surface area (Å²) in [6.07, 6.45) is 2.53. The Morgan fingerprint density at radius 3 is 2.50 bits per heavy atom. The summed E-state index contributed by atoms with van der Waals surface area (Å²) in [7, 11) is -1.63. The Kier molecular flexibility index (Phi) is 4.31. The third-order valence-corrected chi connectivity index (χ3v) is 3.29. The molecule has 0 amide bonds. The molecule has 6 nitrogen and oxygen atoms in total. The molecule has 0 aliphatic heterocycles. The lowest BCUT2D eigenvalue weighted by atomic mass is 10.1. The molecule has 0 saturated heterocycles. The van der Waals surface area contributed by atoms with Crippen LogP contribution >= 0.6 is 0 Å². The summed E-state index contributed by atoms with van der Waals surface area (Å²) < 4.78 is 29.6. The summed E-state index contributed by atoms with van der Waals surface area (Å²) in [5, 5.41) is 0. The third kappa shape index (κ3) is 4.01. The molecule has 0 aliphatic rings. The van der Waals surface area contributed by atoms with Crippen LogP contribution < -0.4 is 9.46 Å². The Balaban J connectivity index is 2.20. The van der Waals surface area contributed by atoms with Crippen LogP contribution in [0.5, 0.6) is 5.75 Å². The van der Waals surface area contributed by atoms with Gasteiger partial charge in [0.2, 0.25) is 10.0 Å². The minimum atomic E-state index is -3.24. The Labute approximate surface area is 117 Å². The molecule has 20 heavy (non-hydrogen) atoms. The van der Waals surface area contributed by atoms with Crippen molar-refractivity contribution in [2.24, 2.45) is 0 Å². The second kappa shape index (κ2) is 5.98. The van der Waals surface area contributed by atoms with Gasteiger partial charge >= 0.3 is 0 Å². The first-order valence-corrected chi connectivity index (χ1v) is 7.77. The second-order valence-electron chi connectivity index (χ2n) is 4.22. The first-order valence-electron chi connectivity index (χ1n) is 5.88. The second-order valence-corrected chi connectivity index (χ2v) is 6.05. The van der Waals surface area contributed by atoms with Crippen molar-refractivity contribution < 1.29 is 13.2 Å². The number of nitrogens with zero attached hydrogens (tertiary/aromatic N) is 2. The number of sulfonamides is 1. The van der Waals surface area contributed by atoms with Gasteiger partial charge in [-0.05, 0) is 30.3 Å². The molecule has 2 aromatic rings. The van der Waals surface area contributed by atoms with Gasteiger partial charge in [-0.1, -0.05) is 0 Å². The highest BCUT2D eigenvalue weighted by Gasteiger charge is 2.05. The van der Waals surface area contributed by atoms with Crippen LogP contribution in [-0.2, 0) is 16.6 Å². The summed E-state index contributed by atoms with van der Waals surface area (Å²) in [6, 6.07) is 9.20. The first kappa shape index (κ1) is 14.4. The maximum absolute atomic E-state index is 11.1. The van der Waals surface area contributed by atoms with Gasteiger partial charge in [0, 0.05) is 5.56 Å². The van der Waals surface area contributed by atoms with Crippen molar-refractivity contribution in [1.29, 1.82) is 0 Å². The van der Waals surface area contributed by atoms with Gasteiger partial charge in [0.15, 0.2) is 0 Å². The maximum Gasteiger partial charge on any atom is 0.209 e. The van der Waals surface area contributed by atoms with Crippen molar-refractivity contribution in [3.63, 3.8) is 0 Å². The van der Waals surface area contributed by atoms with Gasteiger partial charge in [0.05, 0.1) is 31.3 Å². The fourth-order valence-electron chi connectivity index (χ4n) is 1.62. The van der Waals surface area contributed by atoms with Crippen LogP contribution in [-0.4, -0.2) is 31.8 Å². The monoisotopic (exact) mass is 293 g/mol. The molecule has 0 unspecified atom stereocenters. The summed E-state index contributed by atoms with van der Waals surface area (Å²) in [5.41, 5.74) is 2.25. The maximum atomic E-state index is 11.1. The number of benzene rings is 1. The zero-order valence-corrected chi connectivity index (χ0v) is 12.0. The van der Waals surface area contributed by atoms with E-state index in [2.05, 4.69) is 14.7 Å². The number of hydrogen-bond donors (Lipinski definition) is 1. The minimum absolute atomic E-state index is 0.143. The minimum Gasteiger partial charge on any atom is -0.497 e. The molecule has 0 atom stereocenters. The highest BCUT2D eigenvalue weighted by Crippen LogP contribution is 2.20. The third-order valence-electron chi connectivity index (χ3n) is 2.62. The van der Waals surface area contributed by atoms with E-state index in [1.807, 2.05) is 24.3 Å². The molecule has 2 rings (SSSR count). The standard InChI is InChI=1S/C13H15N3O3S/c1-19-12-5-3-10(4-6-12)13-7-11(14-9-15-13)8-16-20(2,17)18/h3-7,9,16H,8H2,1-2H3. The van der Waals surface area contributed by atoms with E-state index in [9.17, 15) is 8.42 Å².